The topological polar surface area (TPSA) is 49.3 Å². The molecular formula is C16H24N4OS. The summed E-state index contributed by atoms with van der Waals surface area (Å²) in [5.41, 5.74) is 1.00. The van der Waals surface area contributed by atoms with Gasteiger partial charge < -0.3 is 9.80 Å². The summed E-state index contributed by atoms with van der Waals surface area (Å²) in [5, 5.41) is 0. The molecule has 3 rings (SSSR count). The molecule has 0 aromatic carbocycles. The van der Waals surface area contributed by atoms with Crippen molar-refractivity contribution in [3.63, 3.8) is 0 Å². The van der Waals surface area contributed by atoms with Crippen molar-refractivity contribution in [3.05, 3.63) is 18.0 Å². The van der Waals surface area contributed by atoms with Crippen LogP contribution >= 0.6 is 11.8 Å². The first-order chi connectivity index (χ1) is 10.7. The van der Waals surface area contributed by atoms with Crippen LogP contribution in [0.25, 0.3) is 0 Å². The number of amides is 1. The molecule has 0 atom stereocenters. The number of carbonyl (C=O) groups is 1. The highest BCUT2D eigenvalue weighted by atomic mass is 32.2. The molecule has 2 aliphatic heterocycles. The largest absolute Gasteiger partial charge is 0.341 e. The summed E-state index contributed by atoms with van der Waals surface area (Å²) in [7, 11) is 0. The first-order valence-electron chi connectivity index (χ1n) is 8.12. The normalized spacial score (nSPS) is 20.2. The zero-order chi connectivity index (χ0) is 15.4. The van der Waals surface area contributed by atoms with E-state index < -0.39 is 0 Å². The van der Waals surface area contributed by atoms with E-state index >= 15 is 0 Å². The second kappa shape index (κ2) is 7.31. The monoisotopic (exact) mass is 320 g/mol. The van der Waals surface area contributed by atoms with E-state index in [1.54, 1.807) is 0 Å². The van der Waals surface area contributed by atoms with E-state index in [1.807, 2.05) is 35.8 Å². The number of thioether (sulfide) groups is 1. The summed E-state index contributed by atoms with van der Waals surface area (Å²) in [6.07, 6.45) is 4.66. The minimum Gasteiger partial charge on any atom is -0.341 e. The van der Waals surface area contributed by atoms with Crippen LogP contribution in [0.4, 0.5) is 5.95 Å². The molecule has 0 N–H and O–H groups in total. The fraction of sp³-hybridized carbons (Fsp3) is 0.688. The molecule has 0 radical (unpaired) electrons. The first kappa shape index (κ1) is 15.6. The number of hydrogen-bond acceptors (Lipinski definition) is 5. The Morgan fingerprint density at radius 1 is 1.27 bits per heavy atom. The Bertz CT molecular complexity index is 511. The minimum absolute atomic E-state index is 0.352. The maximum Gasteiger partial charge on any atom is 0.225 e. The molecule has 2 aliphatic rings. The average molecular weight is 320 g/mol. The molecule has 0 spiro atoms. The van der Waals surface area contributed by atoms with Gasteiger partial charge in [0.05, 0.1) is 0 Å². The molecule has 5 nitrogen and oxygen atoms in total. The van der Waals surface area contributed by atoms with E-state index in [-0.39, 0.29) is 0 Å². The van der Waals surface area contributed by atoms with Crippen molar-refractivity contribution in [2.45, 2.75) is 26.2 Å². The number of aryl methyl sites for hydroxylation is 1. The van der Waals surface area contributed by atoms with Gasteiger partial charge in [0.15, 0.2) is 0 Å². The van der Waals surface area contributed by atoms with Crippen LogP contribution in [0, 0.1) is 12.8 Å². The van der Waals surface area contributed by atoms with Crippen LogP contribution in [-0.2, 0) is 4.79 Å². The molecule has 2 saturated heterocycles. The van der Waals surface area contributed by atoms with Gasteiger partial charge in [-0.3, -0.25) is 4.79 Å². The lowest BCUT2D eigenvalue weighted by molar-refractivity contribution is -0.132. The van der Waals surface area contributed by atoms with Crippen molar-refractivity contribution < 1.29 is 4.79 Å². The Morgan fingerprint density at radius 2 is 2.00 bits per heavy atom. The average Bonchev–Trinajstić information content (AvgIpc) is 2.56. The number of aromatic nitrogens is 2. The maximum atomic E-state index is 12.3. The van der Waals surface area contributed by atoms with Gasteiger partial charge in [-0.2, -0.15) is 11.8 Å². The zero-order valence-corrected chi connectivity index (χ0v) is 14.0. The third kappa shape index (κ3) is 3.91. The second-order valence-corrected chi connectivity index (χ2v) is 7.35. The van der Waals surface area contributed by atoms with Gasteiger partial charge in [0, 0.05) is 56.0 Å². The molecule has 6 heteroatoms. The van der Waals surface area contributed by atoms with Crippen LogP contribution in [-0.4, -0.2) is 58.5 Å². The molecule has 22 heavy (non-hydrogen) atoms. The zero-order valence-electron chi connectivity index (χ0n) is 13.2. The van der Waals surface area contributed by atoms with Crippen LogP contribution in [0.2, 0.25) is 0 Å². The summed E-state index contributed by atoms with van der Waals surface area (Å²) < 4.78 is 0. The Kier molecular flexibility index (Phi) is 5.18. The smallest absolute Gasteiger partial charge is 0.225 e. The summed E-state index contributed by atoms with van der Waals surface area (Å²) in [5.74, 6) is 3.88. The minimum atomic E-state index is 0.352. The first-order valence-corrected chi connectivity index (χ1v) is 9.28. The number of nitrogens with zero attached hydrogens (tertiary/aromatic N) is 4. The van der Waals surface area contributed by atoms with Crippen molar-refractivity contribution in [3.8, 4) is 0 Å². The van der Waals surface area contributed by atoms with Gasteiger partial charge in [0.1, 0.15) is 0 Å². The summed E-state index contributed by atoms with van der Waals surface area (Å²) in [6, 6.07) is 1.92. The van der Waals surface area contributed by atoms with Crippen molar-refractivity contribution >= 4 is 23.6 Å². The van der Waals surface area contributed by atoms with Crippen molar-refractivity contribution in [1.82, 2.24) is 14.9 Å². The molecule has 0 saturated carbocycles. The van der Waals surface area contributed by atoms with E-state index in [4.69, 9.17) is 0 Å². The summed E-state index contributed by atoms with van der Waals surface area (Å²) in [6.45, 7) is 5.76. The van der Waals surface area contributed by atoms with Crippen molar-refractivity contribution in [2.75, 3.05) is 42.6 Å². The second-order valence-electron chi connectivity index (χ2n) is 6.13. The predicted molar refractivity (Wildman–Crippen MR) is 90.2 cm³/mol. The number of rotatable bonds is 3. The van der Waals surface area contributed by atoms with E-state index in [1.165, 1.54) is 0 Å². The van der Waals surface area contributed by atoms with Gasteiger partial charge >= 0.3 is 0 Å². The quantitative estimate of drug-likeness (QED) is 0.852. The molecular weight excluding hydrogens is 296 g/mol. The lowest BCUT2D eigenvalue weighted by Gasteiger charge is -2.33. The molecule has 120 valence electrons. The standard InChI is InChI=1S/C16H24N4OS/c1-13-2-5-17-16(18-13)20-6-3-14(4-7-20)12-15(21)19-8-10-22-11-9-19/h2,5,14H,3-4,6-12H2,1H3. The number of piperidine rings is 1. The molecule has 1 aromatic heterocycles. The fourth-order valence-corrected chi connectivity index (χ4v) is 4.02. The summed E-state index contributed by atoms with van der Waals surface area (Å²) >= 11 is 1.95. The molecule has 0 bridgehead atoms. The van der Waals surface area contributed by atoms with Crippen molar-refractivity contribution in [1.29, 1.82) is 0 Å². The highest BCUT2D eigenvalue weighted by molar-refractivity contribution is 7.99. The third-order valence-corrected chi connectivity index (χ3v) is 5.45. The van der Waals surface area contributed by atoms with Gasteiger partial charge in [0.25, 0.3) is 0 Å². The van der Waals surface area contributed by atoms with Gasteiger partial charge in [-0.25, -0.2) is 9.97 Å². The number of anilines is 1. The summed E-state index contributed by atoms with van der Waals surface area (Å²) in [4.78, 5) is 25.5. The Balaban J connectivity index is 1.48. The third-order valence-electron chi connectivity index (χ3n) is 4.51. The van der Waals surface area contributed by atoms with Gasteiger partial charge in [-0.15, -0.1) is 0 Å². The molecule has 0 aliphatic carbocycles. The van der Waals surface area contributed by atoms with E-state index in [0.717, 1.165) is 62.2 Å². The van der Waals surface area contributed by atoms with E-state index in [0.29, 0.717) is 18.2 Å². The molecule has 1 aromatic rings. The molecule has 3 heterocycles. The molecule has 0 unspecified atom stereocenters. The Morgan fingerprint density at radius 3 is 2.68 bits per heavy atom. The number of carbonyl (C=O) groups excluding carboxylic acids is 1. The molecule has 2 fully saturated rings. The van der Waals surface area contributed by atoms with Crippen LogP contribution in [0.3, 0.4) is 0 Å². The Labute approximate surface area is 136 Å². The van der Waals surface area contributed by atoms with Gasteiger partial charge in [0.2, 0.25) is 11.9 Å². The molecule has 1 amide bonds. The Hall–Kier alpha value is -1.30. The van der Waals surface area contributed by atoms with Crippen LogP contribution in [0.15, 0.2) is 12.3 Å². The fourth-order valence-electron chi connectivity index (χ4n) is 3.11. The SMILES string of the molecule is Cc1ccnc(N2CCC(CC(=O)N3CCSCC3)CC2)n1. The highest BCUT2D eigenvalue weighted by Gasteiger charge is 2.25. The van der Waals surface area contributed by atoms with Gasteiger partial charge in [-0.05, 0) is 31.7 Å². The number of hydrogen-bond donors (Lipinski definition) is 0. The van der Waals surface area contributed by atoms with Crippen LogP contribution in [0.5, 0.6) is 0 Å². The van der Waals surface area contributed by atoms with E-state index in [9.17, 15) is 4.79 Å². The lowest BCUT2D eigenvalue weighted by atomic mass is 9.93. The lowest BCUT2D eigenvalue weighted by Crippen LogP contribution is -2.41. The van der Waals surface area contributed by atoms with Crippen LogP contribution < -0.4 is 4.90 Å². The maximum absolute atomic E-state index is 12.3. The van der Waals surface area contributed by atoms with E-state index in [2.05, 4.69) is 14.9 Å². The van der Waals surface area contributed by atoms with Gasteiger partial charge in [-0.1, -0.05) is 0 Å². The highest BCUT2D eigenvalue weighted by Crippen LogP contribution is 2.24. The van der Waals surface area contributed by atoms with Crippen molar-refractivity contribution in [2.24, 2.45) is 5.92 Å². The predicted octanol–water partition coefficient (Wildman–Crippen LogP) is 1.97. The van der Waals surface area contributed by atoms with Crippen LogP contribution in [0.1, 0.15) is 25.0 Å².